The Hall–Kier alpha value is -3.39. The van der Waals surface area contributed by atoms with E-state index in [0.29, 0.717) is 16.6 Å². The largest absolute Gasteiger partial charge is 0.325 e. The number of amides is 1. The van der Waals surface area contributed by atoms with Gasteiger partial charge in [0.05, 0.1) is 28.6 Å². The zero-order chi connectivity index (χ0) is 20.5. The smallest absolute Gasteiger partial charge is 0.261 e. The SMILES string of the molecule is O=C(CCn1cnc2ccccc2c1=O)Nc1ccccc1-c1cn2c(n1)SCC2. The van der Waals surface area contributed by atoms with Crippen LogP contribution in [0.4, 0.5) is 5.69 Å². The van der Waals surface area contributed by atoms with E-state index in [1.165, 1.54) is 10.9 Å². The summed E-state index contributed by atoms with van der Waals surface area (Å²) in [5, 5.41) is 4.53. The summed E-state index contributed by atoms with van der Waals surface area (Å²) in [5.41, 5.74) is 2.97. The summed E-state index contributed by atoms with van der Waals surface area (Å²) in [7, 11) is 0. The highest BCUT2D eigenvalue weighted by atomic mass is 32.2. The number of imidazole rings is 1. The van der Waals surface area contributed by atoms with Gasteiger partial charge in [-0.05, 0) is 18.2 Å². The summed E-state index contributed by atoms with van der Waals surface area (Å²) in [6.07, 6.45) is 3.70. The minimum absolute atomic E-state index is 0.140. The summed E-state index contributed by atoms with van der Waals surface area (Å²) in [6, 6.07) is 14.8. The molecule has 30 heavy (non-hydrogen) atoms. The highest BCUT2D eigenvalue weighted by molar-refractivity contribution is 7.99. The maximum Gasteiger partial charge on any atom is 0.261 e. The number of anilines is 1. The Bertz CT molecular complexity index is 1290. The van der Waals surface area contributed by atoms with Crippen molar-refractivity contribution < 1.29 is 4.79 Å². The first-order valence-corrected chi connectivity index (χ1v) is 10.7. The van der Waals surface area contributed by atoms with E-state index in [1.807, 2.05) is 42.6 Å². The molecule has 2 aromatic heterocycles. The van der Waals surface area contributed by atoms with Gasteiger partial charge in [-0.3, -0.25) is 14.2 Å². The Morgan fingerprint density at radius 3 is 2.87 bits per heavy atom. The van der Waals surface area contributed by atoms with Gasteiger partial charge in [0.1, 0.15) is 0 Å². The average Bonchev–Trinajstić information content (AvgIpc) is 3.36. The van der Waals surface area contributed by atoms with Crippen LogP contribution in [0.15, 0.2) is 71.0 Å². The van der Waals surface area contributed by atoms with Crippen molar-refractivity contribution in [2.75, 3.05) is 11.1 Å². The molecule has 150 valence electrons. The zero-order valence-electron chi connectivity index (χ0n) is 16.1. The number of nitrogens with zero attached hydrogens (tertiary/aromatic N) is 4. The van der Waals surface area contributed by atoms with Crippen LogP contribution in [-0.2, 0) is 17.9 Å². The predicted molar refractivity (Wildman–Crippen MR) is 118 cm³/mol. The molecule has 7 nitrogen and oxygen atoms in total. The Morgan fingerprint density at radius 1 is 1.13 bits per heavy atom. The summed E-state index contributed by atoms with van der Waals surface area (Å²) in [5.74, 6) is 0.882. The average molecular weight is 417 g/mol. The van der Waals surface area contributed by atoms with E-state index < -0.39 is 0 Å². The molecule has 1 aliphatic heterocycles. The number of thioether (sulfide) groups is 1. The number of aromatic nitrogens is 4. The molecular weight excluding hydrogens is 398 g/mol. The second kappa shape index (κ2) is 7.79. The number of rotatable bonds is 5. The number of carbonyl (C=O) groups excluding carboxylic acids is 1. The van der Waals surface area contributed by atoms with Crippen molar-refractivity contribution in [1.82, 2.24) is 19.1 Å². The Morgan fingerprint density at radius 2 is 1.97 bits per heavy atom. The zero-order valence-corrected chi connectivity index (χ0v) is 16.9. The van der Waals surface area contributed by atoms with Crippen molar-refractivity contribution in [2.24, 2.45) is 0 Å². The molecule has 5 rings (SSSR count). The van der Waals surface area contributed by atoms with Gasteiger partial charge in [0, 0.05) is 37.0 Å². The quantitative estimate of drug-likeness (QED) is 0.538. The standard InChI is InChI=1S/C22H19N5O2S/c28-20(9-10-27-14-23-17-7-3-2-6-16(17)21(27)29)24-18-8-4-1-5-15(18)19-13-26-11-12-30-22(26)25-19/h1-8,13-14H,9-12H2,(H,24,28). The van der Waals surface area contributed by atoms with Crippen molar-refractivity contribution in [3.63, 3.8) is 0 Å². The van der Waals surface area contributed by atoms with Crippen LogP contribution in [0.5, 0.6) is 0 Å². The molecule has 0 bridgehead atoms. The number of hydrogen-bond donors (Lipinski definition) is 1. The molecular formula is C22H19N5O2S. The minimum Gasteiger partial charge on any atom is -0.325 e. The number of nitrogens with one attached hydrogen (secondary N) is 1. The summed E-state index contributed by atoms with van der Waals surface area (Å²) >= 11 is 1.74. The third-order valence-electron chi connectivity index (χ3n) is 5.09. The van der Waals surface area contributed by atoms with E-state index >= 15 is 0 Å². The fourth-order valence-electron chi connectivity index (χ4n) is 3.55. The molecule has 0 saturated carbocycles. The molecule has 8 heteroatoms. The maximum atomic E-state index is 12.6. The molecule has 0 spiro atoms. The van der Waals surface area contributed by atoms with Gasteiger partial charge in [-0.1, -0.05) is 42.1 Å². The van der Waals surface area contributed by atoms with Crippen molar-refractivity contribution in [3.05, 3.63) is 71.4 Å². The van der Waals surface area contributed by atoms with Crippen LogP contribution in [0.25, 0.3) is 22.2 Å². The highest BCUT2D eigenvalue weighted by Gasteiger charge is 2.17. The third kappa shape index (κ3) is 3.50. The van der Waals surface area contributed by atoms with E-state index in [2.05, 4.69) is 19.9 Å². The van der Waals surface area contributed by atoms with Gasteiger partial charge in [0.15, 0.2) is 5.16 Å². The number of aryl methyl sites for hydroxylation is 2. The van der Waals surface area contributed by atoms with Crippen LogP contribution < -0.4 is 10.9 Å². The van der Waals surface area contributed by atoms with Crippen LogP contribution in [0.2, 0.25) is 0 Å². The molecule has 3 heterocycles. The maximum absolute atomic E-state index is 12.6. The molecule has 0 fully saturated rings. The first kappa shape index (κ1) is 18.6. The number of hydrogen-bond acceptors (Lipinski definition) is 5. The first-order valence-electron chi connectivity index (χ1n) is 9.72. The number of para-hydroxylation sites is 2. The first-order chi connectivity index (χ1) is 14.7. The van der Waals surface area contributed by atoms with Gasteiger partial charge < -0.3 is 9.88 Å². The number of carbonyl (C=O) groups is 1. The van der Waals surface area contributed by atoms with Gasteiger partial charge in [0.2, 0.25) is 5.91 Å². The molecule has 4 aromatic rings. The van der Waals surface area contributed by atoms with Crippen LogP contribution in [0, 0.1) is 0 Å². The van der Waals surface area contributed by atoms with Crippen molar-refractivity contribution in [1.29, 1.82) is 0 Å². The second-order valence-electron chi connectivity index (χ2n) is 7.05. The van der Waals surface area contributed by atoms with Crippen molar-refractivity contribution >= 4 is 34.3 Å². The lowest BCUT2D eigenvalue weighted by molar-refractivity contribution is -0.116. The Labute approximate surface area is 176 Å². The second-order valence-corrected chi connectivity index (χ2v) is 8.12. The van der Waals surface area contributed by atoms with E-state index in [1.54, 1.807) is 23.9 Å². The van der Waals surface area contributed by atoms with Crippen LogP contribution in [0.3, 0.4) is 0 Å². The molecule has 0 atom stereocenters. The van der Waals surface area contributed by atoms with Crippen LogP contribution >= 0.6 is 11.8 Å². The lowest BCUT2D eigenvalue weighted by Crippen LogP contribution is -2.23. The molecule has 1 amide bonds. The lowest BCUT2D eigenvalue weighted by atomic mass is 10.1. The summed E-state index contributed by atoms with van der Waals surface area (Å²) < 4.78 is 3.61. The topological polar surface area (TPSA) is 81.8 Å². The number of fused-ring (bicyclic) bond motifs is 2. The van der Waals surface area contributed by atoms with Gasteiger partial charge in [0.25, 0.3) is 5.56 Å². The molecule has 2 aromatic carbocycles. The molecule has 0 saturated heterocycles. The fourth-order valence-corrected chi connectivity index (χ4v) is 4.50. The van der Waals surface area contributed by atoms with Crippen molar-refractivity contribution in [3.8, 4) is 11.3 Å². The Balaban J connectivity index is 1.32. The molecule has 0 radical (unpaired) electrons. The molecule has 1 aliphatic rings. The van der Waals surface area contributed by atoms with E-state index in [0.717, 1.165) is 28.7 Å². The van der Waals surface area contributed by atoms with Crippen LogP contribution in [-0.4, -0.2) is 30.8 Å². The van der Waals surface area contributed by atoms with Gasteiger partial charge in [-0.15, -0.1) is 0 Å². The normalized spacial score (nSPS) is 12.8. The molecule has 0 unspecified atom stereocenters. The van der Waals surface area contributed by atoms with Gasteiger partial charge in [-0.25, -0.2) is 9.97 Å². The van der Waals surface area contributed by atoms with Gasteiger partial charge in [-0.2, -0.15) is 0 Å². The van der Waals surface area contributed by atoms with Gasteiger partial charge >= 0.3 is 0 Å². The van der Waals surface area contributed by atoms with E-state index in [4.69, 9.17) is 0 Å². The molecule has 1 N–H and O–H groups in total. The predicted octanol–water partition coefficient (Wildman–Crippen LogP) is 3.39. The summed E-state index contributed by atoms with van der Waals surface area (Å²) in [4.78, 5) is 34.2. The van der Waals surface area contributed by atoms with E-state index in [-0.39, 0.29) is 24.4 Å². The lowest BCUT2D eigenvalue weighted by Gasteiger charge is -2.10. The minimum atomic E-state index is -0.163. The fraction of sp³-hybridized carbons (Fsp3) is 0.182. The van der Waals surface area contributed by atoms with E-state index in [9.17, 15) is 9.59 Å². The van der Waals surface area contributed by atoms with Crippen LogP contribution in [0.1, 0.15) is 6.42 Å². The highest BCUT2D eigenvalue weighted by Crippen LogP contribution is 2.32. The monoisotopic (exact) mass is 417 g/mol. The third-order valence-corrected chi connectivity index (χ3v) is 6.06. The number of benzene rings is 2. The summed E-state index contributed by atoms with van der Waals surface area (Å²) in [6.45, 7) is 1.22. The molecule has 0 aliphatic carbocycles. The Kier molecular flexibility index (Phi) is 4.84. The van der Waals surface area contributed by atoms with Crippen molar-refractivity contribution in [2.45, 2.75) is 24.7 Å².